The number of hydrogen-bond acceptors (Lipinski definition) is 2. The Balaban J connectivity index is 1.86. The Labute approximate surface area is 148 Å². The van der Waals surface area contributed by atoms with E-state index in [9.17, 15) is 9.59 Å². The first-order valence-electron chi connectivity index (χ1n) is 8.05. The van der Waals surface area contributed by atoms with Crippen molar-refractivity contribution in [2.75, 3.05) is 10.2 Å². The van der Waals surface area contributed by atoms with Crippen molar-refractivity contribution >= 4 is 23.3 Å². The van der Waals surface area contributed by atoms with E-state index in [-0.39, 0.29) is 5.91 Å². The van der Waals surface area contributed by atoms with Gasteiger partial charge in [0.05, 0.1) is 11.6 Å². The SMILES string of the molecule is Cc1ccc(NC(=O)N(C(=O)[C]2[CH][CH][CH][CH]2)c2ccc(C)cc2)cc1. The first kappa shape index (κ1) is 17.2. The van der Waals surface area contributed by atoms with Crippen molar-refractivity contribution in [3.63, 3.8) is 0 Å². The molecular formula is C21H19N2O2. The van der Waals surface area contributed by atoms with E-state index >= 15 is 0 Å². The van der Waals surface area contributed by atoms with Crippen molar-refractivity contribution in [2.45, 2.75) is 13.8 Å². The van der Waals surface area contributed by atoms with Crippen molar-refractivity contribution < 1.29 is 9.59 Å². The third-order valence-electron chi connectivity index (χ3n) is 3.91. The number of aryl methyl sites for hydroxylation is 2. The van der Waals surface area contributed by atoms with E-state index in [1.54, 1.807) is 37.8 Å². The Morgan fingerprint density at radius 2 is 1.32 bits per heavy atom. The highest BCUT2D eigenvalue weighted by molar-refractivity contribution is 6.23. The summed E-state index contributed by atoms with van der Waals surface area (Å²) in [5.74, 6) is 0.109. The molecule has 0 heterocycles. The third-order valence-corrected chi connectivity index (χ3v) is 3.91. The molecule has 0 aliphatic heterocycles. The van der Waals surface area contributed by atoms with E-state index in [0.29, 0.717) is 17.3 Å². The second-order valence-electron chi connectivity index (χ2n) is 5.95. The number of nitrogens with one attached hydrogen (secondary N) is 1. The van der Waals surface area contributed by atoms with Gasteiger partial charge in [-0.05, 0) is 63.8 Å². The van der Waals surface area contributed by atoms with Gasteiger partial charge >= 0.3 is 6.03 Å². The Kier molecular flexibility index (Phi) is 5.17. The minimum atomic E-state index is -0.487. The number of rotatable bonds is 3. The number of benzene rings is 2. The summed E-state index contributed by atoms with van der Waals surface area (Å²) in [5.41, 5.74) is 3.33. The maximum atomic E-state index is 12.8. The molecule has 1 saturated carbocycles. The fourth-order valence-corrected chi connectivity index (χ4v) is 2.48. The lowest BCUT2D eigenvalue weighted by molar-refractivity contribution is -0.115. The average Bonchev–Trinajstić information content (AvgIpc) is 3.13. The molecule has 4 heteroatoms. The lowest BCUT2D eigenvalue weighted by Gasteiger charge is -2.24. The highest BCUT2D eigenvalue weighted by atomic mass is 16.2. The largest absolute Gasteiger partial charge is 0.333 e. The molecule has 5 radical (unpaired) electrons. The molecule has 125 valence electrons. The molecule has 4 nitrogen and oxygen atoms in total. The fourth-order valence-electron chi connectivity index (χ4n) is 2.48. The van der Waals surface area contributed by atoms with Crippen LogP contribution in [-0.2, 0) is 4.79 Å². The van der Waals surface area contributed by atoms with Gasteiger partial charge in [0.15, 0.2) is 0 Å². The second kappa shape index (κ2) is 7.51. The first-order valence-corrected chi connectivity index (χ1v) is 8.05. The van der Waals surface area contributed by atoms with Crippen LogP contribution >= 0.6 is 0 Å². The molecule has 2 aromatic carbocycles. The van der Waals surface area contributed by atoms with Crippen LogP contribution in [0.2, 0.25) is 0 Å². The summed E-state index contributed by atoms with van der Waals surface area (Å²) in [6.07, 6.45) is 6.95. The summed E-state index contributed by atoms with van der Waals surface area (Å²) in [4.78, 5) is 26.8. The van der Waals surface area contributed by atoms with Crippen LogP contribution in [-0.4, -0.2) is 11.9 Å². The van der Waals surface area contributed by atoms with Gasteiger partial charge in [0, 0.05) is 5.69 Å². The van der Waals surface area contributed by atoms with E-state index in [0.717, 1.165) is 16.0 Å². The molecule has 25 heavy (non-hydrogen) atoms. The number of carbonyl (C=O) groups excluding carboxylic acids is 2. The molecule has 1 aliphatic rings. The van der Waals surface area contributed by atoms with Crippen LogP contribution < -0.4 is 10.2 Å². The summed E-state index contributed by atoms with van der Waals surface area (Å²) in [7, 11) is 0. The zero-order chi connectivity index (χ0) is 17.8. The molecule has 3 amide bonds. The maximum absolute atomic E-state index is 12.8. The van der Waals surface area contributed by atoms with Crippen LogP contribution in [0, 0.1) is 45.4 Å². The zero-order valence-corrected chi connectivity index (χ0v) is 14.2. The topological polar surface area (TPSA) is 49.4 Å². The number of carbonyl (C=O) groups is 2. The van der Waals surface area contributed by atoms with Crippen molar-refractivity contribution in [2.24, 2.45) is 0 Å². The van der Waals surface area contributed by atoms with Gasteiger partial charge in [-0.2, -0.15) is 0 Å². The number of nitrogens with zero attached hydrogens (tertiary/aromatic N) is 1. The van der Waals surface area contributed by atoms with Gasteiger partial charge in [-0.1, -0.05) is 35.4 Å². The number of imide groups is 1. The van der Waals surface area contributed by atoms with Crippen LogP contribution in [0.25, 0.3) is 0 Å². The number of urea groups is 1. The van der Waals surface area contributed by atoms with Gasteiger partial charge in [0.1, 0.15) is 0 Å². The second-order valence-corrected chi connectivity index (χ2v) is 5.95. The van der Waals surface area contributed by atoms with E-state index in [2.05, 4.69) is 5.32 Å². The van der Waals surface area contributed by atoms with Crippen LogP contribution in [0.15, 0.2) is 48.5 Å². The van der Waals surface area contributed by atoms with Crippen molar-refractivity contribution in [1.82, 2.24) is 0 Å². The minimum absolute atomic E-state index is 0.363. The molecule has 1 aliphatic carbocycles. The smallest absolute Gasteiger partial charge is 0.307 e. The van der Waals surface area contributed by atoms with Crippen LogP contribution in [0.1, 0.15) is 11.1 Å². The van der Waals surface area contributed by atoms with Gasteiger partial charge in [0.25, 0.3) is 0 Å². The van der Waals surface area contributed by atoms with Crippen LogP contribution in [0.5, 0.6) is 0 Å². The molecule has 0 aromatic heterocycles. The summed E-state index contributed by atoms with van der Waals surface area (Å²) in [5, 5.41) is 2.79. The standard InChI is InChI=1S/C21H19N2O2/c1-15-7-11-18(12-8-15)22-21(25)23(19-13-9-16(2)10-14-19)20(24)17-5-3-4-6-17/h3-14H,1-2H3,(H,22,25). The minimum Gasteiger partial charge on any atom is -0.307 e. The summed E-state index contributed by atoms with van der Waals surface area (Å²) in [6.45, 7) is 3.93. The highest BCUT2D eigenvalue weighted by Crippen LogP contribution is 2.28. The van der Waals surface area contributed by atoms with E-state index in [4.69, 9.17) is 0 Å². The predicted octanol–water partition coefficient (Wildman–Crippen LogP) is 4.27. The highest BCUT2D eigenvalue weighted by Gasteiger charge is 2.33. The summed E-state index contributed by atoms with van der Waals surface area (Å²) in [6, 6.07) is 14.2. The molecule has 0 atom stereocenters. The first-order chi connectivity index (χ1) is 12.0. The Morgan fingerprint density at radius 1 is 0.800 bits per heavy atom. The van der Waals surface area contributed by atoms with E-state index in [1.807, 2.05) is 50.2 Å². The van der Waals surface area contributed by atoms with Crippen LogP contribution in [0.3, 0.4) is 0 Å². The molecule has 0 bridgehead atoms. The lowest BCUT2D eigenvalue weighted by Crippen LogP contribution is -2.42. The maximum Gasteiger partial charge on any atom is 0.333 e. The lowest BCUT2D eigenvalue weighted by atomic mass is 10.1. The average molecular weight is 331 g/mol. The molecule has 0 saturated heterocycles. The quantitative estimate of drug-likeness (QED) is 0.913. The monoisotopic (exact) mass is 331 g/mol. The Bertz CT molecular complexity index is 744. The predicted molar refractivity (Wildman–Crippen MR) is 99.3 cm³/mol. The van der Waals surface area contributed by atoms with Gasteiger partial charge in [-0.3, -0.25) is 4.79 Å². The number of amides is 3. The molecule has 0 spiro atoms. The van der Waals surface area contributed by atoms with Gasteiger partial charge in [-0.15, -0.1) is 0 Å². The normalized spacial score (nSPS) is 14.3. The summed E-state index contributed by atoms with van der Waals surface area (Å²) >= 11 is 0. The van der Waals surface area contributed by atoms with Crippen molar-refractivity contribution in [1.29, 1.82) is 0 Å². The molecule has 1 N–H and O–H groups in total. The summed E-state index contributed by atoms with van der Waals surface area (Å²) < 4.78 is 0. The van der Waals surface area contributed by atoms with Crippen molar-refractivity contribution in [3.8, 4) is 0 Å². The van der Waals surface area contributed by atoms with Gasteiger partial charge < -0.3 is 5.32 Å². The zero-order valence-electron chi connectivity index (χ0n) is 14.2. The third kappa shape index (κ3) is 4.08. The van der Waals surface area contributed by atoms with Crippen LogP contribution in [0.4, 0.5) is 16.2 Å². The van der Waals surface area contributed by atoms with Gasteiger partial charge in [-0.25, -0.2) is 9.69 Å². The molecule has 1 fully saturated rings. The molecular weight excluding hydrogens is 312 g/mol. The molecule has 0 unspecified atom stereocenters. The number of anilines is 2. The van der Waals surface area contributed by atoms with Crippen molar-refractivity contribution in [3.05, 3.63) is 91.3 Å². The number of hydrogen-bond donors (Lipinski definition) is 1. The van der Waals surface area contributed by atoms with Gasteiger partial charge in [0.2, 0.25) is 5.91 Å². The fraction of sp³-hybridized carbons (Fsp3) is 0.0952. The Hall–Kier alpha value is -2.62. The Morgan fingerprint density at radius 3 is 1.88 bits per heavy atom. The molecule has 2 aromatic rings. The van der Waals surface area contributed by atoms with E-state index in [1.165, 1.54) is 0 Å². The van der Waals surface area contributed by atoms with E-state index < -0.39 is 6.03 Å². The molecule has 3 rings (SSSR count).